The van der Waals surface area contributed by atoms with E-state index < -0.39 is 22.0 Å². The fourth-order valence-corrected chi connectivity index (χ4v) is 4.63. The van der Waals surface area contributed by atoms with Gasteiger partial charge in [0.1, 0.15) is 11.5 Å². The second-order valence-electron chi connectivity index (χ2n) is 7.73. The summed E-state index contributed by atoms with van der Waals surface area (Å²) in [5.74, 6) is 0.226. The van der Waals surface area contributed by atoms with Crippen LogP contribution in [0.4, 0.5) is 5.69 Å². The molecule has 1 heterocycles. The van der Waals surface area contributed by atoms with E-state index in [0.717, 1.165) is 0 Å². The molecule has 0 spiro atoms. The monoisotopic (exact) mass is 473 g/mol. The maximum atomic E-state index is 13.1. The molecule has 0 aliphatic carbocycles. The van der Waals surface area contributed by atoms with Crippen LogP contribution in [0.1, 0.15) is 26.3 Å². The average molecular weight is 474 g/mol. The molecule has 3 rings (SSSR count). The van der Waals surface area contributed by atoms with Crippen LogP contribution in [0.5, 0.6) is 11.5 Å². The largest absolute Gasteiger partial charge is 0.489 e. The molecule has 2 aromatic carbocycles. The maximum Gasteiger partial charge on any atom is 0.265 e. The molecule has 1 saturated heterocycles. The number of nitrogens with one attached hydrogen (secondary N) is 1. The van der Waals surface area contributed by atoms with Crippen molar-refractivity contribution in [2.75, 3.05) is 31.6 Å². The molecule has 1 unspecified atom stereocenters. The summed E-state index contributed by atoms with van der Waals surface area (Å²) < 4.78 is 44.1. The van der Waals surface area contributed by atoms with Gasteiger partial charge in [-0.1, -0.05) is 6.07 Å². The Hall–Kier alpha value is -3.13. The highest BCUT2D eigenvalue weighted by molar-refractivity contribution is 7.89. The van der Waals surface area contributed by atoms with Crippen molar-refractivity contribution in [3.8, 4) is 17.6 Å². The van der Waals surface area contributed by atoms with Crippen LogP contribution in [-0.4, -0.2) is 57.1 Å². The first kappa shape index (κ1) is 24.5. The van der Waals surface area contributed by atoms with Gasteiger partial charge < -0.3 is 19.5 Å². The predicted molar refractivity (Wildman–Crippen MR) is 122 cm³/mol. The zero-order valence-electron chi connectivity index (χ0n) is 18.8. The third-order valence-electron chi connectivity index (χ3n) is 4.82. The predicted octanol–water partition coefficient (Wildman–Crippen LogP) is 2.77. The summed E-state index contributed by atoms with van der Waals surface area (Å²) in [5, 5.41) is 11.7. The fourth-order valence-electron chi connectivity index (χ4n) is 3.19. The van der Waals surface area contributed by atoms with Crippen molar-refractivity contribution in [1.29, 1.82) is 5.26 Å². The van der Waals surface area contributed by atoms with Gasteiger partial charge in [0.15, 0.2) is 6.10 Å². The van der Waals surface area contributed by atoms with E-state index in [1.807, 2.05) is 19.9 Å². The van der Waals surface area contributed by atoms with E-state index in [0.29, 0.717) is 30.3 Å². The standard InChI is InChI=1S/C23H27N3O6S/c1-16(2)31-22-8-7-20(33(28,29)26-9-11-30-12-10-26)14-21(22)25-23(27)17(3)32-19-6-4-5-18(13-19)15-24/h4-8,13-14,16-17H,9-12H2,1-3H3,(H,25,27). The van der Waals surface area contributed by atoms with Crippen molar-refractivity contribution >= 4 is 21.6 Å². The molecule has 1 atom stereocenters. The molecular weight excluding hydrogens is 446 g/mol. The highest BCUT2D eigenvalue weighted by Gasteiger charge is 2.28. The summed E-state index contributed by atoms with van der Waals surface area (Å²) in [6.45, 7) is 6.42. The topological polar surface area (TPSA) is 118 Å². The van der Waals surface area contributed by atoms with E-state index in [-0.39, 0.29) is 29.8 Å². The summed E-state index contributed by atoms with van der Waals surface area (Å²) >= 11 is 0. The number of sulfonamides is 1. The van der Waals surface area contributed by atoms with E-state index in [1.165, 1.54) is 28.6 Å². The Morgan fingerprint density at radius 1 is 1.12 bits per heavy atom. The van der Waals surface area contributed by atoms with E-state index in [4.69, 9.17) is 19.5 Å². The number of anilines is 1. The lowest BCUT2D eigenvalue weighted by molar-refractivity contribution is -0.122. The van der Waals surface area contributed by atoms with Crippen LogP contribution in [0.2, 0.25) is 0 Å². The number of benzene rings is 2. The SMILES string of the molecule is CC(C)Oc1ccc(S(=O)(=O)N2CCOCC2)cc1NC(=O)C(C)Oc1cccc(C#N)c1. The molecule has 1 N–H and O–H groups in total. The van der Waals surface area contributed by atoms with Gasteiger partial charge >= 0.3 is 0 Å². The first-order chi connectivity index (χ1) is 15.7. The number of nitrogens with zero attached hydrogens (tertiary/aromatic N) is 2. The number of hydrogen-bond acceptors (Lipinski definition) is 7. The van der Waals surface area contributed by atoms with E-state index in [2.05, 4.69) is 5.32 Å². The van der Waals surface area contributed by atoms with Crippen molar-refractivity contribution in [3.63, 3.8) is 0 Å². The lowest BCUT2D eigenvalue weighted by Crippen LogP contribution is -2.40. The van der Waals surface area contributed by atoms with Crippen LogP contribution >= 0.6 is 0 Å². The number of amides is 1. The normalized spacial score (nSPS) is 15.5. The number of carbonyl (C=O) groups is 1. The quantitative estimate of drug-likeness (QED) is 0.626. The van der Waals surface area contributed by atoms with Gasteiger partial charge in [0.05, 0.1) is 41.5 Å². The third kappa shape index (κ3) is 6.22. The summed E-state index contributed by atoms with van der Waals surface area (Å²) in [4.78, 5) is 12.9. The number of rotatable bonds is 8. The minimum atomic E-state index is -3.76. The van der Waals surface area contributed by atoms with E-state index in [1.54, 1.807) is 25.1 Å². The van der Waals surface area contributed by atoms with Crippen LogP contribution in [0.25, 0.3) is 0 Å². The zero-order valence-corrected chi connectivity index (χ0v) is 19.6. The fraction of sp³-hybridized carbons (Fsp3) is 0.391. The van der Waals surface area contributed by atoms with Crippen LogP contribution in [0.15, 0.2) is 47.4 Å². The molecule has 2 aromatic rings. The van der Waals surface area contributed by atoms with Crippen molar-refractivity contribution in [3.05, 3.63) is 48.0 Å². The molecule has 10 heteroatoms. The van der Waals surface area contributed by atoms with Gasteiger partial charge in [-0.05, 0) is 57.2 Å². The highest BCUT2D eigenvalue weighted by Crippen LogP contribution is 2.30. The van der Waals surface area contributed by atoms with E-state index in [9.17, 15) is 13.2 Å². The Bertz CT molecular complexity index is 1140. The number of carbonyl (C=O) groups excluding carboxylic acids is 1. The van der Waals surface area contributed by atoms with Crippen LogP contribution in [0.3, 0.4) is 0 Å². The van der Waals surface area contributed by atoms with Crippen molar-refractivity contribution in [1.82, 2.24) is 4.31 Å². The summed E-state index contributed by atoms with van der Waals surface area (Å²) in [6, 6.07) is 12.9. The molecule has 1 aliphatic heterocycles. The van der Waals surface area contributed by atoms with Crippen molar-refractivity contribution < 1.29 is 27.4 Å². The lowest BCUT2D eigenvalue weighted by Gasteiger charge is -2.26. The Morgan fingerprint density at radius 2 is 1.85 bits per heavy atom. The molecule has 1 aliphatic rings. The van der Waals surface area contributed by atoms with E-state index >= 15 is 0 Å². The molecule has 33 heavy (non-hydrogen) atoms. The molecule has 9 nitrogen and oxygen atoms in total. The Balaban J connectivity index is 1.83. The summed E-state index contributed by atoms with van der Waals surface area (Å²) in [5.41, 5.74) is 0.637. The molecule has 176 valence electrons. The number of hydrogen-bond donors (Lipinski definition) is 1. The van der Waals surface area contributed by atoms with Gasteiger partial charge in [0.2, 0.25) is 10.0 Å². The Labute approximate surface area is 193 Å². The van der Waals surface area contributed by atoms with Crippen LogP contribution in [-0.2, 0) is 19.6 Å². The van der Waals surface area contributed by atoms with Crippen molar-refractivity contribution in [2.24, 2.45) is 0 Å². The summed E-state index contributed by atoms with van der Waals surface area (Å²) in [7, 11) is -3.76. The molecule has 1 amide bonds. The molecular formula is C23H27N3O6S. The summed E-state index contributed by atoms with van der Waals surface area (Å²) in [6.07, 6.45) is -1.10. The van der Waals surface area contributed by atoms with Gasteiger partial charge in [-0.15, -0.1) is 0 Å². The van der Waals surface area contributed by atoms with Gasteiger partial charge in [0, 0.05) is 13.1 Å². The second-order valence-corrected chi connectivity index (χ2v) is 9.67. The van der Waals surface area contributed by atoms with Gasteiger partial charge in [-0.2, -0.15) is 9.57 Å². The maximum absolute atomic E-state index is 13.1. The molecule has 0 bridgehead atoms. The first-order valence-electron chi connectivity index (χ1n) is 10.6. The Morgan fingerprint density at radius 3 is 2.52 bits per heavy atom. The van der Waals surface area contributed by atoms with Gasteiger partial charge in [-0.3, -0.25) is 4.79 Å². The minimum Gasteiger partial charge on any atom is -0.489 e. The van der Waals surface area contributed by atoms with Gasteiger partial charge in [0.25, 0.3) is 5.91 Å². The minimum absolute atomic E-state index is 0.0473. The molecule has 1 fully saturated rings. The molecule has 0 saturated carbocycles. The number of nitriles is 1. The second kappa shape index (κ2) is 10.7. The number of ether oxygens (including phenoxy) is 3. The third-order valence-corrected chi connectivity index (χ3v) is 6.72. The smallest absolute Gasteiger partial charge is 0.265 e. The highest BCUT2D eigenvalue weighted by atomic mass is 32.2. The van der Waals surface area contributed by atoms with Gasteiger partial charge in [-0.25, -0.2) is 8.42 Å². The molecule has 0 aromatic heterocycles. The number of morpholine rings is 1. The lowest BCUT2D eigenvalue weighted by atomic mass is 10.2. The van der Waals surface area contributed by atoms with Crippen LogP contribution in [0, 0.1) is 11.3 Å². The molecule has 0 radical (unpaired) electrons. The average Bonchev–Trinajstić information content (AvgIpc) is 2.80. The van der Waals surface area contributed by atoms with Crippen LogP contribution < -0.4 is 14.8 Å². The first-order valence-corrected chi connectivity index (χ1v) is 12.0. The zero-order chi connectivity index (χ0) is 24.0. The van der Waals surface area contributed by atoms with Crippen molar-refractivity contribution in [2.45, 2.75) is 37.9 Å². The Kier molecular flexibility index (Phi) is 7.92.